The van der Waals surface area contributed by atoms with Crippen molar-refractivity contribution in [1.82, 2.24) is 10.2 Å². The van der Waals surface area contributed by atoms with Gasteiger partial charge in [-0.1, -0.05) is 49.6 Å². The Morgan fingerprint density at radius 1 is 1.24 bits per heavy atom. The van der Waals surface area contributed by atoms with Gasteiger partial charge in [0.1, 0.15) is 6.61 Å². The second kappa shape index (κ2) is 8.00. The lowest BCUT2D eigenvalue weighted by Gasteiger charge is -2.58. The van der Waals surface area contributed by atoms with Gasteiger partial charge in [-0.2, -0.15) is 0 Å². The van der Waals surface area contributed by atoms with Crippen molar-refractivity contribution in [2.75, 3.05) is 26.3 Å². The van der Waals surface area contributed by atoms with Crippen LogP contribution in [0.5, 0.6) is 0 Å². The first-order chi connectivity index (χ1) is 12.2. The lowest BCUT2D eigenvalue weighted by atomic mass is 9.60. The van der Waals surface area contributed by atoms with E-state index in [0.29, 0.717) is 19.7 Å². The third-order valence-corrected chi connectivity index (χ3v) is 5.50. The molecule has 25 heavy (non-hydrogen) atoms. The maximum Gasteiger partial charge on any atom is 0.246 e. The Bertz CT molecular complexity index is 596. The van der Waals surface area contributed by atoms with Crippen molar-refractivity contribution in [2.24, 2.45) is 5.41 Å². The van der Waals surface area contributed by atoms with Gasteiger partial charge in [-0.05, 0) is 25.3 Å². The summed E-state index contributed by atoms with van der Waals surface area (Å²) in [6, 6.07) is 10.5. The summed E-state index contributed by atoms with van der Waals surface area (Å²) in [5.41, 5.74) is 0.999. The number of nitrogens with zero attached hydrogens (tertiary/aromatic N) is 1. The van der Waals surface area contributed by atoms with E-state index in [1.165, 1.54) is 12.0 Å². The van der Waals surface area contributed by atoms with Gasteiger partial charge in [0.2, 0.25) is 11.8 Å². The molecule has 2 fully saturated rings. The van der Waals surface area contributed by atoms with Crippen LogP contribution in [0, 0.1) is 5.41 Å². The van der Waals surface area contributed by atoms with Gasteiger partial charge in [0.25, 0.3) is 0 Å². The van der Waals surface area contributed by atoms with E-state index in [1.54, 1.807) is 0 Å². The van der Waals surface area contributed by atoms with Crippen molar-refractivity contribution >= 4 is 11.8 Å². The highest BCUT2D eigenvalue weighted by atomic mass is 16.5. The number of rotatable bonds is 7. The SMILES string of the molecule is CCOCC(=O)NCCN1C(=O)C2(CCCCC2)C1c1ccccc1. The van der Waals surface area contributed by atoms with Gasteiger partial charge in [0.05, 0.1) is 11.5 Å². The quantitative estimate of drug-likeness (QED) is 0.774. The molecule has 2 amide bonds. The lowest BCUT2D eigenvalue weighted by Crippen LogP contribution is -2.64. The molecule has 1 N–H and O–H groups in total. The molecule has 1 unspecified atom stereocenters. The summed E-state index contributed by atoms with van der Waals surface area (Å²) in [4.78, 5) is 26.6. The second-order valence-corrected chi connectivity index (χ2v) is 7.02. The van der Waals surface area contributed by atoms with Gasteiger partial charge >= 0.3 is 0 Å². The third-order valence-electron chi connectivity index (χ3n) is 5.50. The number of ether oxygens (including phenoxy) is 1. The van der Waals surface area contributed by atoms with Crippen LogP contribution in [0.25, 0.3) is 0 Å². The van der Waals surface area contributed by atoms with E-state index in [-0.39, 0.29) is 29.9 Å². The molecule has 3 rings (SSSR count). The van der Waals surface area contributed by atoms with Crippen LogP contribution in [0.3, 0.4) is 0 Å². The van der Waals surface area contributed by atoms with Crippen LogP contribution in [-0.4, -0.2) is 43.0 Å². The number of hydrogen-bond donors (Lipinski definition) is 1. The fourth-order valence-electron chi connectivity index (χ4n) is 4.35. The molecule has 136 valence electrons. The molecule has 1 spiro atoms. The van der Waals surface area contributed by atoms with Crippen LogP contribution in [0.15, 0.2) is 30.3 Å². The number of hydrogen-bond acceptors (Lipinski definition) is 3. The topological polar surface area (TPSA) is 58.6 Å². The predicted octanol–water partition coefficient (Wildman–Crippen LogP) is 2.67. The van der Waals surface area contributed by atoms with E-state index < -0.39 is 0 Å². The molecule has 1 aromatic rings. The number of carbonyl (C=O) groups is 2. The highest BCUT2D eigenvalue weighted by Crippen LogP contribution is 2.57. The molecule has 0 aromatic heterocycles. The number of carbonyl (C=O) groups excluding carboxylic acids is 2. The van der Waals surface area contributed by atoms with Crippen molar-refractivity contribution < 1.29 is 14.3 Å². The Kier molecular flexibility index (Phi) is 5.74. The molecule has 5 heteroatoms. The maximum absolute atomic E-state index is 13.0. The molecule has 1 saturated heterocycles. The summed E-state index contributed by atoms with van der Waals surface area (Å²) in [7, 11) is 0. The molecule has 1 saturated carbocycles. The Balaban J connectivity index is 1.66. The van der Waals surface area contributed by atoms with Crippen LogP contribution >= 0.6 is 0 Å². The average molecular weight is 344 g/mol. The standard InChI is InChI=1S/C20H28N2O3/c1-2-25-15-17(23)21-13-14-22-18(16-9-5-3-6-10-16)20(19(22)24)11-7-4-8-12-20/h3,5-6,9-10,18H,2,4,7-8,11-15H2,1H3,(H,21,23). The number of amides is 2. The van der Waals surface area contributed by atoms with Gasteiger partial charge in [0.15, 0.2) is 0 Å². The molecule has 1 atom stereocenters. The van der Waals surface area contributed by atoms with Crippen LogP contribution < -0.4 is 5.32 Å². The van der Waals surface area contributed by atoms with E-state index in [4.69, 9.17) is 4.74 Å². The Morgan fingerprint density at radius 2 is 1.96 bits per heavy atom. The number of likely N-dealkylation sites (tertiary alicyclic amines) is 1. The van der Waals surface area contributed by atoms with E-state index in [2.05, 4.69) is 17.4 Å². The van der Waals surface area contributed by atoms with Gasteiger partial charge in [-0.15, -0.1) is 0 Å². The summed E-state index contributed by atoms with van der Waals surface area (Å²) in [6.07, 6.45) is 5.46. The second-order valence-electron chi connectivity index (χ2n) is 7.02. The van der Waals surface area contributed by atoms with Crippen molar-refractivity contribution in [3.05, 3.63) is 35.9 Å². The molecule has 1 heterocycles. The zero-order valence-electron chi connectivity index (χ0n) is 15.0. The van der Waals surface area contributed by atoms with Gasteiger partial charge in [-0.3, -0.25) is 9.59 Å². The first-order valence-corrected chi connectivity index (χ1v) is 9.39. The highest BCUT2D eigenvalue weighted by Gasteiger charge is 2.60. The number of benzene rings is 1. The van der Waals surface area contributed by atoms with Crippen LogP contribution in [-0.2, 0) is 14.3 Å². The minimum Gasteiger partial charge on any atom is -0.372 e. The molecule has 1 aromatic carbocycles. The monoisotopic (exact) mass is 344 g/mol. The van der Waals surface area contributed by atoms with Crippen LogP contribution in [0.2, 0.25) is 0 Å². The Morgan fingerprint density at radius 3 is 2.64 bits per heavy atom. The zero-order chi connectivity index (χ0) is 17.7. The molecule has 0 radical (unpaired) electrons. The minimum absolute atomic E-state index is 0.0799. The molecule has 1 aliphatic heterocycles. The van der Waals surface area contributed by atoms with Crippen molar-refractivity contribution in [3.63, 3.8) is 0 Å². The summed E-state index contributed by atoms with van der Waals surface area (Å²) in [6.45, 7) is 3.49. The smallest absolute Gasteiger partial charge is 0.246 e. The first kappa shape index (κ1) is 17.9. The predicted molar refractivity (Wildman–Crippen MR) is 95.9 cm³/mol. The zero-order valence-corrected chi connectivity index (χ0v) is 15.0. The molecule has 0 bridgehead atoms. The first-order valence-electron chi connectivity index (χ1n) is 9.39. The highest BCUT2D eigenvalue weighted by molar-refractivity contribution is 5.91. The molecule has 2 aliphatic rings. The van der Waals surface area contributed by atoms with Gasteiger partial charge in [-0.25, -0.2) is 0 Å². The Hall–Kier alpha value is -1.88. The molecule has 1 aliphatic carbocycles. The fourth-order valence-corrected chi connectivity index (χ4v) is 4.35. The fraction of sp³-hybridized carbons (Fsp3) is 0.600. The normalized spacial score (nSPS) is 21.9. The van der Waals surface area contributed by atoms with E-state index in [9.17, 15) is 9.59 Å². The molecular weight excluding hydrogens is 316 g/mol. The van der Waals surface area contributed by atoms with E-state index in [0.717, 1.165) is 25.7 Å². The third kappa shape index (κ3) is 3.56. The lowest BCUT2D eigenvalue weighted by molar-refractivity contribution is -0.178. The Labute approximate surface area is 149 Å². The largest absolute Gasteiger partial charge is 0.372 e. The molecule has 5 nitrogen and oxygen atoms in total. The summed E-state index contributed by atoms with van der Waals surface area (Å²) < 4.78 is 5.10. The van der Waals surface area contributed by atoms with Crippen molar-refractivity contribution in [2.45, 2.75) is 45.1 Å². The number of nitrogens with one attached hydrogen (secondary N) is 1. The van der Waals surface area contributed by atoms with E-state index in [1.807, 2.05) is 30.0 Å². The maximum atomic E-state index is 13.0. The summed E-state index contributed by atoms with van der Waals surface area (Å²) >= 11 is 0. The summed E-state index contributed by atoms with van der Waals surface area (Å²) in [5.74, 6) is 0.138. The summed E-state index contributed by atoms with van der Waals surface area (Å²) in [5, 5.41) is 2.84. The van der Waals surface area contributed by atoms with Crippen molar-refractivity contribution in [3.8, 4) is 0 Å². The van der Waals surface area contributed by atoms with Crippen LogP contribution in [0.1, 0.15) is 50.6 Å². The van der Waals surface area contributed by atoms with Gasteiger partial charge in [0, 0.05) is 19.7 Å². The van der Waals surface area contributed by atoms with Crippen LogP contribution in [0.4, 0.5) is 0 Å². The molecular formula is C20H28N2O3. The minimum atomic E-state index is -0.213. The van der Waals surface area contributed by atoms with E-state index >= 15 is 0 Å². The van der Waals surface area contributed by atoms with Crippen molar-refractivity contribution in [1.29, 1.82) is 0 Å². The average Bonchev–Trinajstić information content (AvgIpc) is 2.66. The van der Waals surface area contributed by atoms with Gasteiger partial charge < -0.3 is 15.0 Å². The number of β-lactam (4-membered cyclic amide) rings is 1.